The molecule has 0 fully saturated rings. The zero-order chi connectivity index (χ0) is 13.8. The lowest BCUT2D eigenvalue weighted by Gasteiger charge is -2.08. The second-order valence-corrected chi connectivity index (χ2v) is 5.18. The molecule has 1 aromatic rings. The van der Waals surface area contributed by atoms with Gasteiger partial charge in [-0.25, -0.2) is 13.1 Å². The van der Waals surface area contributed by atoms with Crippen LogP contribution in [0.1, 0.15) is 12.1 Å². The number of aromatic nitrogens is 1. The number of sulfonamides is 1. The molecule has 1 rings (SSSR count). The molecule has 1 heterocycles. The van der Waals surface area contributed by atoms with Gasteiger partial charge < -0.3 is 5.73 Å². The summed E-state index contributed by atoms with van der Waals surface area (Å²) in [7, 11) is -3.83. The van der Waals surface area contributed by atoms with Gasteiger partial charge in [0.25, 0.3) is 0 Å². The van der Waals surface area contributed by atoms with E-state index in [1.54, 1.807) is 0 Å². The van der Waals surface area contributed by atoms with E-state index in [1.807, 2.05) is 0 Å². The Kier molecular flexibility index (Phi) is 4.65. The van der Waals surface area contributed by atoms with Gasteiger partial charge in [-0.3, -0.25) is 4.98 Å². The van der Waals surface area contributed by atoms with Crippen LogP contribution in [0.15, 0.2) is 23.2 Å². The second-order valence-electron chi connectivity index (χ2n) is 3.42. The van der Waals surface area contributed by atoms with Gasteiger partial charge in [-0.05, 0) is 25.1 Å². The van der Waals surface area contributed by atoms with Crippen molar-refractivity contribution in [2.45, 2.75) is 17.5 Å². The topological polar surface area (TPSA) is 85.1 Å². The predicted molar refractivity (Wildman–Crippen MR) is 58.1 cm³/mol. The van der Waals surface area contributed by atoms with Crippen LogP contribution in [0.3, 0.4) is 0 Å². The minimum atomic E-state index is -4.59. The number of alkyl halides is 3. The molecule has 0 atom stereocenters. The maximum absolute atomic E-state index is 12.2. The molecule has 0 unspecified atom stereocenters. The van der Waals surface area contributed by atoms with E-state index in [1.165, 1.54) is 0 Å². The molecule has 5 nitrogen and oxygen atoms in total. The van der Waals surface area contributed by atoms with Crippen molar-refractivity contribution in [3.05, 3.63) is 24.0 Å². The standard InChI is InChI=1S/C9H12F3N3O2S/c10-9(11,12)8-3-2-7(6-14-8)18(16,17)15-5-1-4-13/h2-3,6,15H,1,4-5,13H2. The summed E-state index contributed by atoms with van der Waals surface area (Å²) >= 11 is 0. The number of hydrogen-bond donors (Lipinski definition) is 2. The van der Waals surface area contributed by atoms with Crippen molar-refractivity contribution in [3.8, 4) is 0 Å². The van der Waals surface area contributed by atoms with Crippen molar-refractivity contribution in [1.82, 2.24) is 9.71 Å². The van der Waals surface area contributed by atoms with E-state index in [9.17, 15) is 21.6 Å². The number of nitrogens with two attached hydrogens (primary N) is 1. The molecule has 102 valence electrons. The van der Waals surface area contributed by atoms with E-state index in [2.05, 4.69) is 9.71 Å². The maximum Gasteiger partial charge on any atom is 0.433 e. The SMILES string of the molecule is NCCCNS(=O)(=O)c1ccc(C(F)(F)F)nc1. The van der Waals surface area contributed by atoms with Gasteiger partial charge in [-0.15, -0.1) is 0 Å². The van der Waals surface area contributed by atoms with Gasteiger partial charge in [-0.2, -0.15) is 13.2 Å². The molecule has 0 saturated heterocycles. The Morgan fingerprint density at radius 3 is 2.44 bits per heavy atom. The van der Waals surface area contributed by atoms with Gasteiger partial charge in [0.1, 0.15) is 10.6 Å². The smallest absolute Gasteiger partial charge is 0.330 e. The van der Waals surface area contributed by atoms with E-state index >= 15 is 0 Å². The van der Waals surface area contributed by atoms with Crippen molar-refractivity contribution >= 4 is 10.0 Å². The number of halogens is 3. The lowest BCUT2D eigenvalue weighted by molar-refractivity contribution is -0.141. The van der Waals surface area contributed by atoms with Crippen LogP contribution in [0.2, 0.25) is 0 Å². The van der Waals surface area contributed by atoms with Gasteiger partial charge in [0, 0.05) is 12.7 Å². The fourth-order valence-electron chi connectivity index (χ4n) is 1.10. The van der Waals surface area contributed by atoms with E-state index in [0.717, 1.165) is 6.07 Å². The summed E-state index contributed by atoms with van der Waals surface area (Å²) in [6.07, 6.45) is -3.48. The number of rotatable bonds is 5. The summed E-state index contributed by atoms with van der Waals surface area (Å²) in [5, 5.41) is 0. The average molecular weight is 283 g/mol. The van der Waals surface area contributed by atoms with E-state index in [-0.39, 0.29) is 11.4 Å². The summed E-state index contributed by atoms with van der Waals surface area (Å²) in [6, 6.07) is 1.48. The van der Waals surface area contributed by atoms with E-state index in [0.29, 0.717) is 25.2 Å². The molecule has 0 spiro atoms. The Balaban J connectivity index is 2.85. The van der Waals surface area contributed by atoms with Crippen LogP contribution in [0, 0.1) is 0 Å². The summed E-state index contributed by atoms with van der Waals surface area (Å²) in [4.78, 5) is 2.76. The van der Waals surface area contributed by atoms with Crippen LogP contribution in [0.4, 0.5) is 13.2 Å². The highest BCUT2D eigenvalue weighted by Crippen LogP contribution is 2.27. The molecule has 0 bridgehead atoms. The fourth-order valence-corrected chi connectivity index (χ4v) is 2.12. The van der Waals surface area contributed by atoms with Crippen molar-refractivity contribution in [2.75, 3.05) is 13.1 Å². The third kappa shape index (κ3) is 3.93. The number of nitrogens with zero attached hydrogens (tertiary/aromatic N) is 1. The lowest BCUT2D eigenvalue weighted by Crippen LogP contribution is -2.26. The van der Waals surface area contributed by atoms with Crippen LogP contribution in [0.25, 0.3) is 0 Å². The third-order valence-electron chi connectivity index (χ3n) is 2.01. The molecule has 0 amide bonds. The van der Waals surface area contributed by atoms with Gasteiger partial charge >= 0.3 is 6.18 Å². The zero-order valence-corrected chi connectivity index (χ0v) is 10.1. The Labute approximate surface area is 102 Å². The quantitative estimate of drug-likeness (QED) is 0.780. The number of pyridine rings is 1. The molecule has 0 aliphatic heterocycles. The Morgan fingerprint density at radius 1 is 1.33 bits per heavy atom. The molecule has 0 aromatic carbocycles. The zero-order valence-electron chi connectivity index (χ0n) is 9.24. The Morgan fingerprint density at radius 2 is 2.00 bits per heavy atom. The predicted octanol–water partition coefficient (Wildman–Crippen LogP) is 0.728. The van der Waals surface area contributed by atoms with Crippen molar-refractivity contribution in [2.24, 2.45) is 5.73 Å². The van der Waals surface area contributed by atoms with Gasteiger partial charge in [-0.1, -0.05) is 0 Å². The average Bonchev–Trinajstić information content (AvgIpc) is 2.28. The molecule has 0 aliphatic carbocycles. The summed E-state index contributed by atoms with van der Waals surface area (Å²) in [5.74, 6) is 0. The highest BCUT2D eigenvalue weighted by atomic mass is 32.2. The minimum Gasteiger partial charge on any atom is -0.330 e. The number of hydrogen-bond acceptors (Lipinski definition) is 4. The molecular formula is C9H12F3N3O2S. The maximum atomic E-state index is 12.2. The molecule has 18 heavy (non-hydrogen) atoms. The number of nitrogens with one attached hydrogen (secondary N) is 1. The molecular weight excluding hydrogens is 271 g/mol. The van der Waals surface area contributed by atoms with E-state index < -0.39 is 21.9 Å². The highest BCUT2D eigenvalue weighted by molar-refractivity contribution is 7.89. The van der Waals surface area contributed by atoms with Crippen LogP contribution in [-0.4, -0.2) is 26.5 Å². The van der Waals surface area contributed by atoms with Crippen molar-refractivity contribution in [1.29, 1.82) is 0 Å². The Bertz CT molecular complexity index is 485. The fraction of sp³-hybridized carbons (Fsp3) is 0.444. The molecule has 0 saturated carbocycles. The lowest BCUT2D eigenvalue weighted by atomic mass is 10.3. The van der Waals surface area contributed by atoms with Crippen molar-refractivity contribution < 1.29 is 21.6 Å². The van der Waals surface area contributed by atoms with Crippen LogP contribution in [-0.2, 0) is 16.2 Å². The van der Waals surface area contributed by atoms with E-state index in [4.69, 9.17) is 5.73 Å². The first-order valence-corrected chi connectivity index (χ1v) is 6.48. The van der Waals surface area contributed by atoms with Crippen LogP contribution in [0.5, 0.6) is 0 Å². The molecule has 1 aromatic heterocycles. The minimum absolute atomic E-state index is 0.125. The first-order chi connectivity index (χ1) is 8.27. The summed E-state index contributed by atoms with van der Waals surface area (Å²) in [5.41, 5.74) is 4.06. The normalized spacial score (nSPS) is 12.7. The molecule has 9 heteroatoms. The van der Waals surface area contributed by atoms with Crippen LogP contribution >= 0.6 is 0 Å². The monoisotopic (exact) mass is 283 g/mol. The first-order valence-electron chi connectivity index (χ1n) is 5.00. The Hall–Kier alpha value is -1.19. The van der Waals surface area contributed by atoms with Crippen LogP contribution < -0.4 is 10.5 Å². The molecule has 0 radical (unpaired) electrons. The van der Waals surface area contributed by atoms with Gasteiger partial charge in [0.2, 0.25) is 10.0 Å². The van der Waals surface area contributed by atoms with Crippen molar-refractivity contribution in [3.63, 3.8) is 0 Å². The second kappa shape index (κ2) is 5.63. The summed E-state index contributed by atoms with van der Waals surface area (Å²) in [6.45, 7) is 0.438. The third-order valence-corrected chi connectivity index (χ3v) is 3.46. The van der Waals surface area contributed by atoms with Gasteiger partial charge in [0.05, 0.1) is 0 Å². The largest absolute Gasteiger partial charge is 0.433 e. The molecule has 0 aliphatic rings. The first kappa shape index (κ1) is 14.9. The molecule has 3 N–H and O–H groups in total. The highest BCUT2D eigenvalue weighted by Gasteiger charge is 2.32. The van der Waals surface area contributed by atoms with Gasteiger partial charge in [0.15, 0.2) is 0 Å². The summed E-state index contributed by atoms with van der Waals surface area (Å²) < 4.78 is 62.1.